The van der Waals surface area contributed by atoms with E-state index in [1.807, 2.05) is 0 Å². The van der Waals surface area contributed by atoms with Gasteiger partial charge >= 0.3 is 6.18 Å². The molecule has 0 bridgehead atoms. The molecule has 0 atom stereocenters. The van der Waals surface area contributed by atoms with Crippen LogP contribution in [0.1, 0.15) is 11.1 Å². The molecule has 13 heavy (non-hydrogen) atoms. The number of hydrazine groups is 1. The topological polar surface area (TPSA) is 38.0 Å². The summed E-state index contributed by atoms with van der Waals surface area (Å²) in [4.78, 5) is 0. The number of nitrogens with two attached hydrogens (primary N) is 1. The second-order valence-electron chi connectivity index (χ2n) is 2.58. The normalized spacial score (nSPS) is 11.7. The predicted octanol–water partition coefficient (Wildman–Crippen LogP) is 1.67. The van der Waals surface area contributed by atoms with Crippen molar-refractivity contribution in [3.63, 3.8) is 0 Å². The zero-order valence-corrected chi connectivity index (χ0v) is 6.73. The SMILES string of the molecule is NNCc1cccc(C(F)(F)F)c1. The fourth-order valence-corrected chi connectivity index (χ4v) is 0.975. The third kappa shape index (κ3) is 2.71. The van der Waals surface area contributed by atoms with Gasteiger partial charge in [-0.25, -0.2) is 0 Å². The first-order valence-corrected chi connectivity index (χ1v) is 3.63. The molecule has 0 saturated heterocycles. The smallest absolute Gasteiger partial charge is 0.271 e. The first-order chi connectivity index (χ1) is 6.04. The van der Waals surface area contributed by atoms with Gasteiger partial charge in [0, 0.05) is 6.54 Å². The number of hydrogen-bond donors (Lipinski definition) is 2. The van der Waals surface area contributed by atoms with Crippen LogP contribution in [0.5, 0.6) is 0 Å². The van der Waals surface area contributed by atoms with Crippen LogP contribution in [0.4, 0.5) is 13.2 Å². The fourth-order valence-electron chi connectivity index (χ4n) is 0.975. The van der Waals surface area contributed by atoms with Crippen molar-refractivity contribution in [2.24, 2.45) is 5.84 Å². The number of halogens is 3. The second-order valence-corrected chi connectivity index (χ2v) is 2.58. The van der Waals surface area contributed by atoms with Crippen LogP contribution in [0, 0.1) is 0 Å². The highest BCUT2D eigenvalue weighted by atomic mass is 19.4. The van der Waals surface area contributed by atoms with Crippen LogP contribution in [0.2, 0.25) is 0 Å². The Labute approximate surface area is 73.5 Å². The molecule has 0 heterocycles. The van der Waals surface area contributed by atoms with Crippen LogP contribution in [0.15, 0.2) is 24.3 Å². The first-order valence-electron chi connectivity index (χ1n) is 3.63. The lowest BCUT2D eigenvalue weighted by atomic mass is 10.1. The summed E-state index contributed by atoms with van der Waals surface area (Å²) in [6.07, 6.45) is -4.29. The molecule has 2 nitrogen and oxygen atoms in total. The van der Waals surface area contributed by atoms with Crippen LogP contribution in [-0.2, 0) is 12.7 Å². The number of alkyl halides is 3. The number of hydrogen-bond acceptors (Lipinski definition) is 2. The van der Waals surface area contributed by atoms with Crippen molar-refractivity contribution in [1.82, 2.24) is 5.43 Å². The van der Waals surface area contributed by atoms with Crippen LogP contribution in [0.3, 0.4) is 0 Å². The largest absolute Gasteiger partial charge is 0.416 e. The van der Waals surface area contributed by atoms with E-state index in [-0.39, 0.29) is 6.54 Å². The van der Waals surface area contributed by atoms with Crippen LogP contribution in [-0.4, -0.2) is 0 Å². The van der Waals surface area contributed by atoms with Gasteiger partial charge in [0.2, 0.25) is 0 Å². The van der Waals surface area contributed by atoms with E-state index in [4.69, 9.17) is 5.84 Å². The standard InChI is InChI=1S/C8H9F3N2/c9-8(10,11)7-3-1-2-6(4-7)5-13-12/h1-4,13H,5,12H2. The predicted molar refractivity (Wildman–Crippen MR) is 42.5 cm³/mol. The summed E-state index contributed by atoms with van der Waals surface area (Å²) >= 11 is 0. The molecule has 1 aromatic carbocycles. The highest BCUT2D eigenvalue weighted by molar-refractivity contribution is 5.25. The summed E-state index contributed by atoms with van der Waals surface area (Å²) in [5.41, 5.74) is 2.15. The van der Waals surface area contributed by atoms with E-state index in [0.717, 1.165) is 12.1 Å². The van der Waals surface area contributed by atoms with E-state index >= 15 is 0 Å². The van der Waals surface area contributed by atoms with E-state index < -0.39 is 11.7 Å². The highest BCUT2D eigenvalue weighted by Gasteiger charge is 2.30. The second kappa shape index (κ2) is 3.76. The van der Waals surface area contributed by atoms with Crippen molar-refractivity contribution in [3.8, 4) is 0 Å². The number of nitrogens with one attached hydrogen (secondary N) is 1. The Bertz CT molecular complexity index is 283. The molecule has 0 spiro atoms. The van der Waals surface area contributed by atoms with Gasteiger partial charge in [-0.15, -0.1) is 0 Å². The van der Waals surface area contributed by atoms with Gasteiger partial charge in [0.25, 0.3) is 0 Å². The van der Waals surface area contributed by atoms with Gasteiger partial charge in [0.05, 0.1) is 5.56 Å². The summed E-state index contributed by atoms with van der Waals surface area (Å²) in [5, 5.41) is 0. The Balaban J connectivity index is 2.92. The lowest BCUT2D eigenvalue weighted by Crippen LogP contribution is -2.21. The molecule has 72 valence electrons. The van der Waals surface area contributed by atoms with Crippen LogP contribution >= 0.6 is 0 Å². The minimum Gasteiger partial charge on any atom is -0.271 e. The van der Waals surface area contributed by atoms with Gasteiger partial charge in [-0.05, 0) is 11.6 Å². The Hall–Kier alpha value is -1.07. The summed E-state index contributed by atoms with van der Waals surface area (Å²) in [6.45, 7) is 0.226. The monoisotopic (exact) mass is 190 g/mol. The Morgan fingerprint density at radius 1 is 1.31 bits per heavy atom. The number of rotatable bonds is 2. The van der Waals surface area contributed by atoms with Gasteiger partial charge in [-0.1, -0.05) is 18.2 Å². The number of benzene rings is 1. The summed E-state index contributed by atoms with van der Waals surface area (Å²) in [7, 11) is 0. The Kier molecular flexibility index (Phi) is 2.90. The molecule has 0 unspecified atom stereocenters. The first kappa shape index (κ1) is 10.0. The zero-order valence-electron chi connectivity index (χ0n) is 6.73. The molecular formula is C8H9F3N2. The lowest BCUT2D eigenvalue weighted by Gasteiger charge is -2.07. The minimum atomic E-state index is -4.29. The van der Waals surface area contributed by atoms with Crippen molar-refractivity contribution in [3.05, 3.63) is 35.4 Å². The maximum absolute atomic E-state index is 12.2. The molecule has 1 rings (SSSR count). The molecule has 0 radical (unpaired) electrons. The van der Waals surface area contributed by atoms with Crippen molar-refractivity contribution in [2.75, 3.05) is 0 Å². The van der Waals surface area contributed by atoms with Gasteiger partial charge in [0.1, 0.15) is 0 Å². The van der Waals surface area contributed by atoms with Crippen molar-refractivity contribution >= 4 is 0 Å². The van der Waals surface area contributed by atoms with Crippen LogP contribution < -0.4 is 11.3 Å². The van der Waals surface area contributed by atoms with E-state index in [2.05, 4.69) is 5.43 Å². The average Bonchev–Trinajstić information content (AvgIpc) is 2.04. The molecule has 0 saturated carbocycles. The van der Waals surface area contributed by atoms with E-state index in [1.54, 1.807) is 6.07 Å². The molecule has 0 fully saturated rings. The van der Waals surface area contributed by atoms with E-state index in [1.165, 1.54) is 6.07 Å². The molecule has 0 amide bonds. The van der Waals surface area contributed by atoms with E-state index in [9.17, 15) is 13.2 Å². The van der Waals surface area contributed by atoms with Gasteiger partial charge in [-0.3, -0.25) is 11.3 Å². The Morgan fingerprint density at radius 3 is 2.54 bits per heavy atom. The lowest BCUT2D eigenvalue weighted by molar-refractivity contribution is -0.137. The zero-order chi connectivity index (χ0) is 9.90. The molecule has 1 aromatic rings. The van der Waals surface area contributed by atoms with Crippen molar-refractivity contribution in [1.29, 1.82) is 0 Å². The van der Waals surface area contributed by atoms with Crippen molar-refractivity contribution < 1.29 is 13.2 Å². The fraction of sp³-hybridized carbons (Fsp3) is 0.250. The maximum atomic E-state index is 12.2. The van der Waals surface area contributed by atoms with Crippen LogP contribution in [0.25, 0.3) is 0 Å². The quantitative estimate of drug-likeness (QED) is 0.550. The maximum Gasteiger partial charge on any atom is 0.416 e. The van der Waals surface area contributed by atoms with E-state index in [0.29, 0.717) is 5.56 Å². The summed E-state index contributed by atoms with van der Waals surface area (Å²) in [6, 6.07) is 5.03. The van der Waals surface area contributed by atoms with Crippen molar-refractivity contribution in [2.45, 2.75) is 12.7 Å². The van der Waals surface area contributed by atoms with Gasteiger partial charge in [-0.2, -0.15) is 13.2 Å². The molecular weight excluding hydrogens is 181 g/mol. The third-order valence-corrected chi connectivity index (χ3v) is 1.56. The van der Waals surface area contributed by atoms with Gasteiger partial charge < -0.3 is 0 Å². The highest BCUT2D eigenvalue weighted by Crippen LogP contribution is 2.29. The average molecular weight is 190 g/mol. The molecule has 0 aliphatic rings. The molecule has 5 heteroatoms. The Morgan fingerprint density at radius 2 is 2.00 bits per heavy atom. The summed E-state index contributed by atoms with van der Waals surface area (Å²) in [5.74, 6) is 4.99. The minimum absolute atomic E-state index is 0.226. The summed E-state index contributed by atoms with van der Waals surface area (Å²) < 4.78 is 36.5. The molecule has 0 aliphatic heterocycles. The molecule has 0 aliphatic carbocycles. The molecule has 0 aromatic heterocycles. The third-order valence-electron chi connectivity index (χ3n) is 1.56. The van der Waals surface area contributed by atoms with Gasteiger partial charge in [0.15, 0.2) is 0 Å². The molecule has 3 N–H and O–H groups in total.